The lowest BCUT2D eigenvalue weighted by Gasteiger charge is -2.20. The van der Waals surface area contributed by atoms with Crippen LogP contribution in [0.1, 0.15) is 17.3 Å². The van der Waals surface area contributed by atoms with Gasteiger partial charge in [0.25, 0.3) is 5.91 Å². The fraction of sp³-hybridized carbons (Fsp3) is 0.462. The zero-order chi connectivity index (χ0) is 13.8. The fourth-order valence-electron chi connectivity index (χ4n) is 1.35. The molecule has 0 aliphatic rings. The number of nitrogens with one attached hydrogen (secondary N) is 1. The van der Waals surface area contributed by atoms with Gasteiger partial charge in [0.05, 0.1) is 6.61 Å². The fourth-order valence-corrected chi connectivity index (χ4v) is 1.35. The normalized spacial score (nSPS) is 13.8. The number of anilines is 1. The van der Waals surface area contributed by atoms with Crippen molar-refractivity contribution in [2.45, 2.75) is 12.5 Å². The zero-order valence-electron chi connectivity index (χ0n) is 11.0. The Balaban J connectivity index is 2.70. The Morgan fingerprint density at radius 2 is 2.11 bits per heavy atom. The van der Waals surface area contributed by atoms with E-state index in [-0.39, 0.29) is 12.5 Å². The highest BCUT2D eigenvalue weighted by atomic mass is 16.3. The van der Waals surface area contributed by atoms with Crippen LogP contribution < -0.4 is 10.2 Å². The van der Waals surface area contributed by atoms with Crippen molar-refractivity contribution in [3.05, 3.63) is 29.8 Å². The molecule has 5 heteroatoms. The molecule has 1 aromatic rings. The van der Waals surface area contributed by atoms with E-state index in [0.717, 1.165) is 5.69 Å². The number of benzene rings is 1. The van der Waals surface area contributed by atoms with Gasteiger partial charge in [0.15, 0.2) is 0 Å². The molecule has 0 radical (unpaired) electrons. The molecule has 5 nitrogen and oxygen atoms in total. The monoisotopic (exact) mass is 252 g/mol. The van der Waals surface area contributed by atoms with Crippen LogP contribution in [0.25, 0.3) is 0 Å². The summed E-state index contributed by atoms with van der Waals surface area (Å²) < 4.78 is 0. The molecule has 1 atom stereocenters. The van der Waals surface area contributed by atoms with Crippen molar-refractivity contribution in [1.82, 2.24) is 5.32 Å². The predicted octanol–water partition coefficient (Wildman–Crippen LogP) is 0.226. The summed E-state index contributed by atoms with van der Waals surface area (Å²) in [5, 5.41) is 21.1. The Hall–Kier alpha value is -1.59. The Morgan fingerprint density at radius 3 is 2.67 bits per heavy atom. The summed E-state index contributed by atoms with van der Waals surface area (Å²) in [6, 6.07) is 7.17. The maximum absolute atomic E-state index is 11.9. The largest absolute Gasteiger partial charge is 0.393 e. The molecule has 0 spiro atoms. The third-order valence-corrected chi connectivity index (χ3v) is 2.60. The van der Waals surface area contributed by atoms with Crippen molar-refractivity contribution < 1.29 is 15.0 Å². The van der Waals surface area contributed by atoms with Crippen LogP contribution in [0.5, 0.6) is 0 Å². The van der Waals surface area contributed by atoms with Crippen LogP contribution in [0.15, 0.2) is 24.3 Å². The molecule has 1 unspecified atom stereocenters. The number of hydrogen-bond donors (Lipinski definition) is 3. The minimum Gasteiger partial charge on any atom is -0.393 e. The number of hydrogen-bond acceptors (Lipinski definition) is 4. The highest BCUT2D eigenvalue weighted by Gasteiger charge is 2.20. The van der Waals surface area contributed by atoms with Crippen molar-refractivity contribution in [2.24, 2.45) is 0 Å². The number of nitrogens with zero attached hydrogens (tertiary/aromatic N) is 1. The van der Waals surface area contributed by atoms with E-state index in [2.05, 4.69) is 5.32 Å². The van der Waals surface area contributed by atoms with Crippen LogP contribution in [-0.2, 0) is 0 Å². The number of amides is 1. The standard InChI is InChI=1S/C13H20N2O3/c1-13(18,9-16)8-14-12(17)10-5-4-6-11(7-10)15(2)3/h4-7,16,18H,8-9H2,1-3H3,(H,14,17). The van der Waals surface area contributed by atoms with Gasteiger partial charge in [0.2, 0.25) is 0 Å². The van der Waals surface area contributed by atoms with Crippen molar-refractivity contribution in [2.75, 3.05) is 32.1 Å². The van der Waals surface area contributed by atoms with Gasteiger partial charge < -0.3 is 20.4 Å². The van der Waals surface area contributed by atoms with Crippen molar-refractivity contribution in [3.8, 4) is 0 Å². The van der Waals surface area contributed by atoms with Crippen LogP contribution in [-0.4, -0.2) is 49.0 Å². The van der Waals surface area contributed by atoms with Gasteiger partial charge in [-0.3, -0.25) is 4.79 Å². The van der Waals surface area contributed by atoms with Gasteiger partial charge in [-0.05, 0) is 25.1 Å². The number of carbonyl (C=O) groups is 1. The van der Waals surface area contributed by atoms with Crippen LogP contribution in [0.3, 0.4) is 0 Å². The molecule has 0 aliphatic carbocycles. The first-order chi connectivity index (χ1) is 8.35. The second-order valence-electron chi connectivity index (χ2n) is 4.78. The van der Waals surface area contributed by atoms with E-state index in [1.54, 1.807) is 18.2 Å². The van der Waals surface area contributed by atoms with Crippen LogP contribution in [0, 0.1) is 0 Å². The second-order valence-corrected chi connectivity index (χ2v) is 4.78. The first-order valence-electron chi connectivity index (χ1n) is 5.74. The average Bonchev–Trinajstić information content (AvgIpc) is 2.36. The molecule has 1 rings (SSSR count). The van der Waals surface area contributed by atoms with E-state index in [1.165, 1.54) is 6.92 Å². The lowest BCUT2D eigenvalue weighted by molar-refractivity contribution is 0.00320. The molecule has 1 aromatic carbocycles. The van der Waals surface area contributed by atoms with Crippen molar-refractivity contribution in [3.63, 3.8) is 0 Å². The van der Waals surface area contributed by atoms with E-state index in [9.17, 15) is 9.90 Å². The van der Waals surface area contributed by atoms with Gasteiger partial charge in [0.1, 0.15) is 5.60 Å². The second kappa shape index (κ2) is 5.84. The number of aliphatic hydroxyl groups excluding tert-OH is 1. The summed E-state index contributed by atoms with van der Waals surface area (Å²) in [7, 11) is 3.79. The highest BCUT2D eigenvalue weighted by molar-refractivity contribution is 5.95. The maximum Gasteiger partial charge on any atom is 0.251 e. The van der Waals surface area contributed by atoms with E-state index < -0.39 is 12.2 Å². The Labute approximate surface area is 107 Å². The molecule has 1 amide bonds. The number of carbonyl (C=O) groups excluding carboxylic acids is 1. The first kappa shape index (κ1) is 14.5. The van der Waals surface area contributed by atoms with E-state index in [0.29, 0.717) is 5.56 Å². The summed E-state index contributed by atoms with van der Waals surface area (Å²) in [4.78, 5) is 13.8. The average molecular weight is 252 g/mol. The minimum atomic E-state index is -1.30. The summed E-state index contributed by atoms with van der Waals surface area (Å²) in [5.41, 5.74) is 0.154. The van der Waals surface area contributed by atoms with Crippen molar-refractivity contribution in [1.29, 1.82) is 0 Å². The molecule has 0 saturated heterocycles. The topological polar surface area (TPSA) is 72.8 Å². The maximum atomic E-state index is 11.9. The summed E-state index contributed by atoms with van der Waals surface area (Å²) in [5.74, 6) is -0.271. The van der Waals surface area contributed by atoms with Crippen LogP contribution in [0.4, 0.5) is 5.69 Å². The van der Waals surface area contributed by atoms with Gasteiger partial charge in [-0.15, -0.1) is 0 Å². The van der Waals surface area contributed by atoms with Crippen LogP contribution in [0.2, 0.25) is 0 Å². The molecule has 0 aromatic heterocycles. The van der Waals surface area contributed by atoms with E-state index >= 15 is 0 Å². The third kappa shape index (κ3) is 4.01. The molecule has 100 valence electrons. The van der Waals surface area contributed by atoms with Crippen LogP contribution >= 0.6 is 0 Å². The molecule has 18 heavy (non-hydrogen) atoms. The smallest absolute Gasteiger partial charge is 0.251 e. The molecular weight excluding hydrogens is 232 g/mol. The molecule has 3 N–H and O–H groups in total. The van der Waals surface area contributed by atoms with Gasteiger partial charge in [0, 0.05) is 31.9 Å². The van der Waals surface area contributed by atoms with Gasteiger partial charge in [-0.25, -0.2) is 0 Å². The molecule has 0 bridgehead atoms. The zero-order valence-corrected chi connectivity index (χ0v) is 11.0. The SMILES string of the molecule is CN(C)c1cccc(C(=O)NCC(C)(O)CO)c1. The Kier molecular flexibility index (Phi) is 4.69. The predicted molar refractivity (Wildman–Crippen MR) is 70.8 cm³/mol. The minimum absolute atomic E-state index is 0.00846. The quantitative estimate of drug-likeness (QED) is 0.701. The van der Waals surface area contributed by atoms with E-state index in [1.807, 2.05) is 25.1 Å². The van der Waals surface area contributed by atoms with Gasteiger partial charge in [-0.1, -0.05) is 6.07 Å². The summed E-state index contributed by atoms with van der Waals surface area (Å²) >= 11 is 0. The lowest BCUT2D eigenvalue weighted by atomic mass is 10.1. The highest BCUT2D eigenvalue weighted by Crippen LogP contribution is 2.13. The summed E-state index contributed by atoms with van der Waals surface area (Å²) in [6.45, 7) is 1.07. The Bertz CT molecular complexity index is 416. The lowest BCUT2D eigenvalue weighted by Crippen LogP contribution is -2.43. The Morgan fingerprint density at radius 1 is 1.44 bits per heavy atom. The molecular formula is C13H20N2O3. The third-order valence-electron chi connectivity index (χ3n) is 2.60. The van der Waals surface area contributed by atoms with Gasteiger partial charge >= 0.3 is 0 Å². The first-order valence-corrected chi connectivity index (χ1v) is 5.74. The molecule has 0 saturated carbocycles. The molecule has 0 aliphatic heterocycles. The number of rotatable bonds is 5. The molecule has 0 fully saturated rings. The number of aliphatic hydroxyl groups is 2. The summed E-state index contributed by atoms with van der Waals surface area (Å²) in [6.07, 6.45) is 0. The van der Waals surface area contributed by atoms with Gasteiger partial charge in [-0.2, -0.15) is 0 Å². The molecule has 0 heterocycles. The van der Waals surface area contributed by atoms with E-state index in [4.69, 9.17) is 5.11 Å². The van der Waals surface area contributed by atoms with Crippen molar-refractivity contribution >= 4 is 11.6 Å².